The van der Waals surface area contributed by atoms with Gasteiger partial charge in [0.1, 0.15) is 18.1 Å². The molecule has 3 rings (SSSR count). The number of ether oxygens (including phenoxy) is 1. The van der Waals surface area contributed by atoms with E-state index in [0.717, 1.165) is 4.57 Å². The average molecular weight is 420 g/mol. The molecule has 29 heavy (non-hydrogen) atoms. The zero-order valence-corrected chi connectivity index (χ0v) is 16.6. The first-order chi connectivity index (χ1) is 13.8. The Morgan fingerprint density at radius 1 is 1.31 bits per heavy atom. The van der Waals surface area contributed by atoms with Gasteiger partial charge in [0, 0.05) is 22.2 Å². The molecule has 0 bridgehead atoms. The van der Waals surface area contributed by atoms with Crippen molar-refractivity contribution in [3.05, 3.63) is 64.3 Å². The summed E-state index contributed by atoms with van der Waals surface area (Å²) in [5.41, 5.74) is 0.952. The highest BCUT2D eigenvalue weighted by molar-refractivity contribution is 6.31. The minimum absolute atomic E-state index is 0.288. The van der Waals surface area contributed by atoms with E-state index in [9.17, 15) is 19.1 Å². The maximum absolute atomic E-state index is 13.4. The number of pyridine rings is 1. The lowest BCUT2D eigenvalue weighted by molar-refractivity contribution is -0.141. The van der Waals surface area contributed by atoms with Gasteiger partial charge in [-0.05, 0) is 24.6 Å². The number of methoxy groups -OCH3 is 1. The van der Waals surface area contributed by atoms with Crippen molar-refractivity contribution in [3.63, 3.8) is 0 Å². The van der Waals surface area contributed by atoms with E-state index in [1.54, 1.807) is 18.2 Å². The van der Waals surface area contributed by atoms with Gasteiger partial charge in [0.05, 0.1) is 25.2 Å². The smallest absolute Gasteiger partial charge is 0.326 e. The van der Waals surface area contributed by atoms with Crippen LogP contribution in [0.1, 0.15) is 25.8 Å². The molecule has 0 fully saturated rings. The first-order valence-electron chi connectivity index (χ1n) is 8.88. The molecule has 1 unspecified atom stereocenters. The molecule has 3 aromatic rings. The van der Waals surface area contributed by atoms with E-state index in [4.69, 9.17) is 16.3 Å². The summed E-state index contributed by atoms with van der Waals surface area (Å²) in [5.74, 6) is -1.46. The second-order valence-electron chi connectivity index (χ2n) is 6.41. The first-order valence-corrected chi connectivity index (χ1v) is 9.26. The molecule has 0 radical (unpaired) electrons. The molecule has 1 N–H and O–H groups in total. The van der Waals surface area contributed by atoms with Crippen molar-refractivity contribution in [1.82, 2.24) is 14.1 Å². The Bertz CT molecular complexity index is 1110. The Morgan fingerprint density at radius 3 is 2.66 bits per heavy atom. The summed E-state index contributed by atoms with van der Waals surface area (Å²) in [6.07, 6.45) is 4.78. The molecule has 0 aliphatic rings. The van der Waals surface area contributed by atoms with Crippen LogP contribution < -0.4 is 10.3 Å². The molecule has 0 saturated carbocycles. The van der Waals surface area contributed by atoms with Crippen LogP contribution in [0.3, 0.4) is 0 Å². The van der Waals surface area contributed by atoms with Gasteiger partial charge in [-0.25, -0.2) is 9.78 Å². The molecule has 0 spiro atoms. The number of imidazole rings is 1. The zero-order valence-electron chi connectivity index (χ0n) is 15.8. The van der Waals surface area contributed by atoms with Gasteiger partial charge < -0.3 is 14.4 Å². The van der Waals surface area contributed by atoms with Crippen LogP contribution in [-0.4, -0.2) is 32.3 Å². The summed E-state index contributed by atoms with van der Waals surface area (Å²) in [5, 5.41) is 9.91. The Balaban J connectivity index is 2.22. The molecule has 1 atom stereocenters. The zero-order chi connectivity index (χ0) is 21.1. The highest BCUT2D eigenvalue weighted by atomic mass is 35.5. The van der Waals surface area contributed by atoms with Gasteiger partial charge in [-0.1, -0.05) is 24.9 Å². The van der Waals surface area contributed by atoms with Crippen molar-refractivity contribution in [2.75, 3.05) is 7.11 Å². The SMILES string of the molecule is CCCC(C(=O)O)n1cc(OC)c(-c2cc(Cl)ccc2-n2cnc(F)c2)cc1=O. The van der Waals surface area contributed by atoms with Crippen LogP contribution in [0, 0.1) is 5.95 Å². The van der Waals surface area contributed by atoms with Crippen LogP contribution in [0.4, 0.5) is 4.39 Å². The molecule has 0 amide bonds. The fourth-order valence-electron chi connectivity index (χ4n) is 3.18. The van der Waals surface area contributed by atoms with E-state index in [-0.39, 0.29) is 5.75 Å². The quantitative estimate of drug-likeness (QED) is 0.627. The Hall–Kier alpha value is -3.13. The third kappa shape index (κ3) is 4.17. The monoisotopic (exact) mass is 419 g/mol. The predicted molar refractivity (Wildman–Crippen MR) is 106 cm³/mol. The summed E-state index contributed by atoms with van der Waals surface area (Å²) < 4.78 is 21.5. The van der Waals surface area contributed by atoms with E-state index < -0.39 is 23.5 Å². The topological polar surface area (TPSA) is 86.3 Å². The lowest BCUT2D eigenvalue weighted by atomic mass is 10.0. The van der Waals surface area contributed by atoms with Gasteiger partial charge in [-0.2, -0.15) is 4.39 Å². The third-order valence-electron chi connectivity index (χ3n) is 4.52. The molecule has 0 aliphatic heterocycles. The van der Waals surface area contributed by atoms with Crippen molar-refractivity contribution >= 4 is 17.6 Å². The summed E-state index contributed by atoms with van der Waals surface area (Å²) in [6.45, 7) is 1.84. The minimum atomic E-state index is -1.10. The minimum Gasteiger partial charge on any atom is -0.495 e. The van der Waals surface area contributed by atoms with E-state index >= 15 is 0 Å². The first kappa shape index (κ1) is 20.6. The van der Waals surface area contributed by atoms with E-state index in [0.29, 0.717) is 34.7 Å². The normalized spacial score (nSPS) is 12.0. The molecule has 7 nitrogen and oxygen atoms in total. The van der Waals surface area contributed by atoms with E-state index in [2.05, 4.69) is 4.98 Å². The number of halogens is 2. The lowest BCUT2D eigenvalue weighted by Crippen LogP contribution is -2.29. The number of hydrogen-bond donors (Lipinski definition) is 1. The molecular weight excluding hydrogens is 401 g/mol. The van der Waals surface area contributed by atoms with Crippen molar-refractivity contribution in [2.45, 2.75) is 25.8 Å². The van der Waals surface area contributed by atoms with Gasteiger partial charge >= 0.3 is 5.97 Å². The maximum Gasteiger partial charge on any atom is 0.326 e. The van der Waals surface area contributed by atoms with Gasteiger partial charge in [0.2, 0.25) is 5.95 Å². The highest BCUT2D eigenvalue weighted by Gasteiger charge is 2.23. The average Bonchev–Trinajstić information content (AvgIpc) is 3.12. The van der Waals surface area contributed by atoms with Crippen LogP contribution in [0.5, 0.6) is 5.75 Å². The lowest BCUT2D eigenvalue weighted by Gasteiger charge is -2.19. The van der Waals surface area contributed by atoms with Crippen LogP contribution >= 0.6 is 11.6 Å². The molecule has 9 heteroatoms. The summed E-state index contributed by atoms with van der Waals surface area (Å²) in [7, 11) is 1.42. The molecule has 152 valence electrons. The van der Waals surface area contributed by atoms with Crippen LogP contribution in [0.25, 0.3) is 16.8 Å². The molecular formula is C20H19ClFN3O4. The fraction of sp³-hybridized carbons (Fsp3) is 0.250. The van der Waals surface area contributed by atoms with Gasteiger partial charge in [-0.15, -0.1) is 0 Å². The second kappa shape index (κ2) is 8.48. The van der Waals surface area contributed by atoms with Gasteiger partial charge in [0.25, 0.3) is 5.56 Å². The molecule has 2 aromatic heterocycles. The number of rotatable bonds is 7. The van der Waals surface area contributed by atoms with Crippen molar-refractivity contribution < 1.29 is 19.0 Å². The summed E-state index contributed by atoms with van der Waals surface area (Å²) in [4.78, 5) is 28.0. The number of nitrogens with zero attached hydrogens (tertiary/aromatic N) is 3. The predicted octanol–water partition coefficient (Wildman–Crippen LogP) is 3.93. The molecule has 0 aliphatic carbocycles. The summed E-state index contributed by atoms with van der Waals surface area (Å²) in [6, 6.07) is 5.22. The van der Waals surface area contributed by atoms with Gasteiger partial charge in [0.15, 0.2) is 0 Å². The Kier molecular flexibility index (Phi) is 6.03. The number of carbonyl (C=O) groups is 1. The van der Waals surface area contributed by atoms with E-state index in [1.807, 2.05) is 6.92 Å². The van der Waals surface area contributed by atoms with Crippen molar-refractivity contribution in [1.29, 1.82) is 0 Å². The molecule has 0 saturated heterocycles. The standard InChI is InChI=1S/C20H19ClFN3O4/c1-3-4-16(20(27)28)25-9-17(29-2)14(8-19(25)26)13-7-12(21)5-6-15(13)24-10-18(22)23-11-24/h5-11,16H,3-4H2,1-2H3,(H,27,28). The number of carboxylic acid groups (broad SMARTS) is 1. The maximum atomic E-state index is 13.4. The second-order valence-corrected chi connectivity index (χ2v) is 6.85. The number of aromatic nitrogens is 3. The summed E-state index contributed by atoms with van der Waals surface area (Å²) >= 11 is 6.16. The Morgan fingerprint density at radius 2 is 2.07 bits per heavy atom. The largest absolute Gasteiger partial charge is 0.495 e. The van der Waals surface area contributed by atoms with E-state index in [1.165, 1.54) is 36.5 Å². The number of hydrogen-bond acceptors (Lipinski definition) is 4. The number of aliphatic carboxylic acids is 1. The van der Waals surface area contributed by atoms with Crippen LogP contribution in [0.15, 0.2) is 47.8 Å². The van der Waals surface area contributed by atoms with Crippen LogP contribution in [0.2, 0.25) is 5.02 Å². The number of carboxylic acids is 1. The van der Waals surface area contributed by atoms with Crippen molar-refractivity contribution in [2.24, 2.45) is 0 Å². The fourth-order valence-corrected chi connectivity index (χ4v) is 3.35. The Labute approximate surface area is 171 Å². The number of benzene rings is 1. The third-order valence-corrected chi connectivity index (χ3v) is 4.76. The molecule has 1 aromatic carbocycles. The van der Waals surface area contributed by atoms with Crippen LogP contribution in [-0.2, 0) is 4.79 Å². The highest BCUT2D eigenvalue weighted by Crippen LogP contribution is 2.35. The molecule has 2 heterocycles. The van der Waals surface area contributed by atoms with Gasteiger partial charge in [-0.3, -0.25) is 9.36 Å². The van der Waals surface area contributed by atoms with Crippen molar-refractivity contribution in [3.8, 4) is 22.6 Å².